The zero-order valence-corrected chi connectivity index (χ0v) is 15.7. The van der Waals surface area contributed by atoms with Crippen molar-refractivity contribution in [2.45, 2.75) is 42.9 Å². The van der Waals surface area contributed by atoms with Crippen LogP contribution in [-0.4, -0.2) is 56.9 Å². The minimum absolute atomic E-state index is 0.0637. The molecule has 0 aromatic heterocycles. The van der Waals surface area contributed by atoms with E-state index in [9.17, 15) is 26.4 Å². The first kappa shape index (κ1) is 20.1. The molecule has 2 N–H and O–H groups in total. The van der Waals surface area contributed by atoms with Crippen LogP contribution in [0.5, 0.6) is 0 Å². The smallest absolute Gasteiger partial charge is 0.348 e. The highest BCUT2D eigenvalue weighted by atomic mass is 32.2. The van der Waals surface area contributed by atoms with Crippen LogP contribution in [0.15, 0.2) is 29.2 Å². The molecule has 3 rings (SSSR count). The van der Waals surface area contributed by atoms with Gasteiger partial charge in [0.2, 0.25) is 10.0 Å². The van der Waals surface area contributed by atoms with Crippen molar-refractivity contribution < 1.29 is 31.3 Å². The van der Waals surface area contributed by atoms with Crippen LogP contribution in [0.3, 0.4) is 0 Å². The second-order valence-electron chi connectivity index (χ2n) is 7.06. The van der Waals surface area contributed by atoms with Crippen molar-refractivity contribution in [2.75, 3.05) is 26.2 Å². The summed E-state index contributed by atoms with van der Waals surface area (Å²) in [7, 11) is -4.25. The maximum absolute atomic E-state index is 13.2. The van der Waals surface area contributed by atoms with Gasteiger partial charge in [0.1, 0.15) is 0 Å². The van der Waals surface area contributed by atoms with Crippen molar-refractivity contribution in [1.29, 1.82) is 0 Å². The lowest BCUT2D eigenvalue weighted by Gasteiger charge is -2.34. The molecule has 0 radical (unpaired) electrons. The molecule has 1 saturated heterocycles. The predicted molar refractivity (Wildman–Crippen MR) is 91.5 cm³/mol. The number of amides is 1. The third kappa shape index (κ3) is 4.44. The molecule has 1 aliphatic heterocycles. The minimum atomic E-state index is -4.74. The van der Waals surface area contributed by atoms with Crippen LogP contribution in [0.25, 0.3) is 0 Å². The van der Waals surface area contributed by atoms with Crippen molar-refractivity contribution >= 4 is 15.9 Å². The number of hydrogen-bond acceptors (Lipinski definition) is 3. The summed E-state index contributed by atoms with van der Waals surface area (Å²) in [5, 5.41) is 2.93. The number of benzene rings is 1. The Labute approximate surface area is 156 Å². The number of nitrogens with one attached hydrogen (secondary N) is 2. The van der Waals surface area contributed by atoms with Crippen molar-refractivity contribution in [1.82, 2.24) is 9.62 Å². The third-order valence-electron chi connectivity index (χ3n) is 5.10. The first-order valence-corrected chi connectivity index (χ1v) is 10.4. The molecule has 0 spiro atoms. The molecule has 1 aromatic carbocycles. The molecule has 2 fully saturated rings. The molecular weight excluding hydrogens is 383 g/mol. The van der Waals surface area contributed by atoms with E-state index >= 15 is 0 Å². The fourth-order valence-electron chi connectivity index (χ4n) is 3.25. The molecule has 10 heteroatoms. The molecule has 1 amide bonds. The summed E-state index contributed by atoms with van der Waals surface area (Å²) in [4.78, 5) is 12.4. The Balaban J connectivity index is 1.69. The number of alkyl halides is 3. The van der Waals surface area contributed by atoms with E-state index < -0.39 is 26.7 Å². The summed E-state index contributed by atoms with van der Waals surface area (Å²) >= 11 is 0. The van der Waals surface area contributed by atoms with Gasteiger partial charge < -0.3 is 10.2 Å². The Hall–Kier alpha value is -1.65. The fraction of sp³-hybridized carbons (Fsp3) is 0.588. The lowest BCUT2D eigenvalue weighted by molar-refractivity contribution is -0.917. The van der Waals surface area contributed by atoms with Crippen LogP contribution in [0.1, 0.15) is 25.3 Å². The van der Waals surface area contributed by atoms with E-state index in [0.717, 1.165) is 34.2 Å². The molecule has 1 aliphatic carbocycles. The van der Waals surface area contributed by atoms with E-state index in [1.807, 2.05) is 0 Å². The molecule has 150 valence electrons. The van der Waals surface area contributed by atoms with E-state index in [1.165, 1.54) is 12.1 Å². The topological polar surface area (TPSA) is 70.9 Å². The molecule has 1 aromatic rings. The Bertz CT molecular complexity index is 801. The average Bonchev–Trinajstić information content (AvgIpc) is 3.44. The van der Waals surface area contributed by atoms with Gasteiger partial charge >= 0.3 is 6.18 Å². The zero-order valence-electron chi connectivity index (χ0n) is 14.9. The predicted octanol–water partition coefficient (Wildman–Crippen LogP) is 0.262. The van der Waals surface area contributed by atoms with Crippen LogP contribution < -0.4 is 10.2 Å². The van der Waals surface area contributed by atoms with Gasteiger partial charge in [0.05, 0.1) is 36.6 Å². The van der Waals surface area contributed by atoms with Crippen LogP contribution in [-0.2, 0) is 21.0 Å². The number of carbonyl (C=O) groups excluding carboxylic acids is 1. The lowest BCUT2D eigenvalue weighted by Crippen LogP contribution is -3.19. The number of nitrogens with zero attached hydrogens (tertiary/aromatic N) is 1. The molecule has 2 aliphatic rings. The summed E-state index contributed by atoms with van der Waals surface area (Å²) in [6, 6.07) is 4.15. The number of carbonyl (C=O) groups is 1. The largest absolute Gasteiger partial charge is 0.417 e. The Morgan fingerprint density at radius 2 is 1.81 bits per heavy atom. The monoisotopic (exact) mass is 406 g/mol. The van der Waals surface area contributed by atoms with E-state index in [4.69, 9.17) is 0 Å². The van der Waals surface area contributed by atoms with Gasteiger partial charge in [0.25, 0.3) is 5.91 Å². The van der Waals surface area contributed by atoms with Crippen LogP contribution >= 0.6 is 0 Å². The molecule has 0 unspecified atom stereocenters. The van der Waals surface area contributed by atoms with E-state index in [1.54, 1.807) is 6.92 Å². The molecule has 6 nitrogen and oxygen atoms in total. The molecule has 27 heavy (non-hydrogen) atoms. The number of quaternary nitrogens is 1. The molecular formula is C17H23F3N3O3S+. The first-order valence-electron chi connectivity index (χ1n) is 8.92. The summed E-state index contributed by atoms with van der Waals surface area (Å²) in [5.74, 6) is -0.0637. The second-order valence-corrected chi connectivity index (χ2v) is 8.97. The molecule has 1 atom stereocenters. The Morgan fingerprint density at radius 1 is 1.22 bits per heavy atom. The SMILES string of the molecule is C[C@H](C(=O)NC1CC1)[NH+]1CCN(S(=O)(=O)c2ccccc2C(F)(F)F)CC1. The molecule has 0 bridgehead atoms. The number of rotatable bonds is 5. The van der Waals surface area contributed by atoms with Crippen LogP contribution in [0.2, 0.25) is 0 Å². The van der Waals surface area contributed by atoms with Gasteiger partial charge in [0, 0.05) is 6.04 Å². The van der Waals surface area contributed by atoms with Gasteiger partial charge in [0.15, 0.2) is 6.04 Å². The highest BCUT2D eigenvalue weighted by molar-refractivity contribution is 7.89. The maximum Gasteiger partial charge on any atom is 0.417 e. The normalized spacial score (nSPS) is 21.0. The van der Waals surface area contributed by atoms with E-state index in [2.05, 4.69) is 5.32 Å². The minimum Gasteiger partial charge on any atom is -0.348 e. The quantitative estimate of drug-likeness (QED) is 0.737. The maximum atomic E-state index is 13.2. The number of hydrogen-bond donors (Lipinski definition) is 2. The van der Waals surface area contributed by atoms with Gasteiger partial charge in [-0.1, -0.05) is 12.1 Å². The van der Waals surface area contributed by atoms with Gasteiger partial charge in [-0.05, 0) is 31.9 Å². The molecule has 1 heterocycles. The average molecular weight is 406 g/mol. The highest BCUT2D eigenvalue weighted by Gasteiger charge is 2.41. The summed E-state index contributed by atoms with van der Waals surface area (Å²) < 4.78 is 66.1. The summed E-state index contributed by atoms with van der Waals surface area (Å²) in [6.07, 6.45) is -2.77. The zero-order chi connectivity index (χ0) is 19.8. The van der Waals surface area contributed by atoms with E-state index in [0.29, 0.717) is 13.1 Å². The van der Waals surface area contributed by atoms with Crippen molar-refractivity contribution in [3.63, 3.8) is 0 Å². The fourth-order valence-corrected chi connectivity index (χ4v) is 4.90. The van der Waals surface area contributed by atoms with Crippen LogP contribution in [0.4, 0.5) is 13.2 Å². The van der Waals surface area contributed by atoms with Gasteiger partial charge in [-0.2, -0.15) is 17.5 Å². The number of piperazine rings is 1. The number of halogens is 3. The summed E-state index contributed by atoms with van der Waals surface area (Å²) in [5.41, 5.74) is -1.16. The van der Waals surface area contributed by atoms with E-state index in [-0.39, 0.29) is 31.1 Å². The van der Waals surface area contributed by atoms with Gasteiger partial charge in [-0.25, -0.2) is 8.42 Å². The Kier molecular flexibility index (Phi) is 5.51. The van der Waals surface area contributed by atoms with Gasteiger partial charge in [-0.3, -0.25) is 4.79 Å². The standard InChI is InChI=1S/C17H22F3N3O3S/c1-12(16(24)21-13-6-7-13)22-8-10-23(11-9-22)27(25,26)15-5-3-2-4-14(15)17(18,19)20/h2-5,12-13H,6-11H2,1H3,(H,21,24)/p+1/t12-/m1/s1. The summed E-state index contributed by atoms with van der Waals surface area (Å²) in [6.45, 7) is 2.67. The molecule has 1 saturated carbocycles. The second kappa shape index (κ2) is 7.40. The third-order valence-corrected chi connectivity index (χ3v) is 7.06. The highest BCUT2D eigenvalue weighted by Crippen LogP contribution is 2.35. The number of sulfonamides is 1. The lowest BCUT2D eigenvalue weighted by atomic mass is 10.2. The Morgan fingerprint density at radius 3 is 2.37 bits per heavy atom. The van der Waals surface area contributed by atoms with Crippen molar-refractivity contribution in [3.05, 3.63) is 29.8 Å². The first-order chi connectivity index (χ1) is 12.6. The van der Waals surface area contributed by atoms with Crippen molar-refractivity contribution in [3.8, 4) is 0 Å². The van der Waals surface area contributed by atoms with Crippen LogP contribution in [0, 0.1) is 0 Å². The van der Waals surface area contributed by atoms with Crippen molar-refractivity contribution in [2.24, 2.45) is 0 Å². The van der Waals surface area contributed by atoms with Gasteiger partial charge in [-0.15, -0.1) is 0 Å².